The predicted octanol–water partition coefficient (Wildman–Crippen LogP) is 1.62. The molecule has 0 aromatic carbocycles. The summed E-state index contributed by atoms with van der Waals surface area (Å²) in [4.78, 5) is 34.4. The third-order valence-corrected chi connectivity index (χ3v) is 4.68. The van der Waals surface area contributed by atoms with Crippen molar-refractivity contribution in [3.05, 3.63) is 89.8 Å². The van der Waals surface area contributed by atoms with Gasteiger partial charge in [0.2, 0.25) is 0 Å². The van der Waals surface area contributed by atoms with Crippen LogP contribution in [0.15, 0.2) is 46.2 Å². The fraction of sp³-hybridized carbons (Fsp3) is 0. The van der Waals surface area contributed by atoms with Crippen molar-refractivity contribution >= 4 is 0 Å². The van der Waals surface area contributed by atoms with Gasteiger partial charge in [0.1, 0.15) is 24.3 Å². The molecule has 0 aliphatic heterocycles. The van der Waals surface area contributed by atoms with Crippen LogP contribution >= 0.6 is 0 Å². The first-order valence-electron chi connectivity index (χ1n) is 8.42. The van der Waals surface area contributed by atoms with E-state index in [2.05, 4.69) is 9.97 Å². The van der Waals surface area contributed by atoms with Crippen LogP contribution in [-0.4, -0.2) is 9.97 Å². The highest BCUT2D eigenvalue weighted by Gasteiger charge is 2.27. The second-order valence-corrected chi connectivity index (χ2v) is 6.22. The van der Waals surface area contributed by atoms with Crippen molar-refractivity contribution in [3.63, 3.8) is 0 Å². The van der Waals surface area contributed by atoms with Crippen molar-refractivity contribution in [3.8, 4) is 46.8 Å². The van der Waals surface area contributed by atoms with Gasteiger partial charge < -0.3 is 0 Å². The lowest BCUT2D eigenvalue weighted by Crippen LogP contribution is -2.07. The number of rotatable bonds is 2. The minimum absolute atomic E-state index is 0.0834. The first-order valence-corrected chi connectivity index (χ1v) is 8.42. The molecule has 0 atom stereocenters. The average Bonchev–Trinajstić information content (AvgIpc) is 3.25. The normalized spacial score (nSPS) is 10.1. The maximum atomic E-state index is 13.1. The van der Waals surface area contributed by atoms with Crippen LogP contribution < -0.4 is 10.9 Å². The molecule has 2 aliphatic carbocycles. The molecule has 30 heavy (non-hydrogen) atoms. The lowest BCUT2D eigenvalue weighted by atomic mass is 10.0. The first-order chi connectivity index (χ1) is 14.5. The summed E-state index contributed by atoms with van der Waals surface area (Å²) in [6, 6.07) is 13.3. The summed E-state index contributed by atoms with van der Waals surface area (Å²) in [6.07, 6.45) is 2.51. The van der Waals surface area contributed by atoms with Gasteiger partial charge in [-0.15, -0.1) is 0 Å². The Balaban J connectivity index is 2.09. The van der Waals surface area contributed by atoms with Crippen LogP contribution in [0.3, 0.4) is 0 Å². The van der Waals surface area contributed by atoms with E-state index in [0.29, 0.717) is 0 Å². The van der Waals surface area contributed by atoms with Crippen LogP contribution in [0.2, 0.25) is 0 Å². The summed E-state index contributed by atoms with van der Waals surface area (Å²) < 4.78 is 0. The van der Waals surface area contributed by atoms with E-state index in [-0.39, 0.29) is 55.2 Å². The lowest BCUT2D eigenvalue weighted by Gasteiger charge is -2.00. The molecule has 2 aromatic rings. The van der Waals surface area contributed by atoms with E-state index in [0.717, 1.165) is 0 Å². The molecule has 0 saturated carbocycles. The molecule has 0 unspecified atom stereocenters. The van der Waals surface area contributed by atoms with Crippen molar-refractivity contribution in [1.82, 2.24) is 9.97 Å². The first kappa shape index (κ1) is 18.2. The van der Waals surface area contributed by atoms with Gasteiger partial charge in [0.15, 0.2) is 10.9 Å². The molecular weight excluding hydrogens is 380 g/mol. The number of hydrogen-bond acceptors (Lipinski definition) is 8. The van der Waals surface area contributed by atoms with Gasteiger partial charge >= 0.3 is 0 Å². The average molecular weight is 386 g/mol. The fourth-order valence-electron chi connectivity index (χ4n) is 3.36. The Labute approximate surface area is 168 Å². The molecule has 0 saturated heterocycles. The number of nitrogens with zero attached hydrogens (tertiary/aromatic N) is 6. The minimum atomic E-state index is -0.660. The molecule has 0 radical (unpaired) electrons. The summed E-state index contributed by atoms with van der Waals surface area (Å²) in [7, 11) is 0. The van der Waals surface area contributed by atoms with Crippen molar-refractivity contribution in [2.75, 3.05) is 0 Å². The molecule has 2 heterocycles. The Kier molecular flexibility index (Phi) is 4.10. The monoisotopic (exact) mass is 386 g/mol. The molecule has 8 heteroatoms. The number of hydrogen-bond donors (Lipinski definition) is 0. The van der Waals surface area contributed by atoms with Crippen LogP contribution in [0.25, 0.3) is 22.5 Å². The summed E-state index contributed by atoms with van der Waals surface area (Å²) >= 11 is 0. The van der Waals surface area contributed by atoms with Gasteiger partial charge in [0.05, 0.1) is 55.2 Å². The second kappa shape index (κ2) is 6.77. The standard InChI is InChI=1S/C22H6N6O2/c23-5-11-1-3-15(27-9-11)17-13(7-25)19-20(21(17)29)14(8-26)18(22(19)30)16-4-2-12(6-24)10-28-16/h1-4,9-10H. The zero-order valence-corrected chi connectivity index (χ0v) is 15.0. The Hall–Kier alpha value is -5.18. The Morgan fingerprint density at radius 2 is 1.00 bits per heavy atom. The van der Waals surface area contributed by atoms with Gasteiger partial charge in [-0.3, -0.25) is 19.6 Å². The van der Waals surface area contributed by atoms with Gasteiger partial charge in [-0.25, -0.2) is 0 Å². The SMILES string of the molecule is N#Cc1ccc(-c2c(C#N)c3c(=O)c(-c4ccc(C#N)cn4)c(C#N)c=3c2=O)nc1. The van der Waals surface area contributed by atoms with Gasteiger partial charge in [0.25, 0.3) is 0 Å². The van der Waals surface area contributed by atoms with Crippen LogP contribution in [0.5, 0.6) is 0 Å². The highest BCUT2D eigenvalue weighted by atomic mass is 16.1. The maximum Gasteiger partial charge on any atom is 0.198 e. The Morgan fingerprint density at radius 3 is 1.27 bits per heavy atom. The fourth-order valence-corrected chi connectivity index (χ4v) is 3.36. The highest BCUT2D eigenvalue weighted by Crippen LogP contribution is 2.26. The van der Waals surface area contributed by atoms with Crippen LogP contribution in [0.1, 0.15) is 22.3 Å². The van der Waals surface area contributed by atoms with E-state index in [1.807, 2.05) is 24.3 Å². The highest BCUT2D eigenvalue weighted by molar-refractivity contribution is 5.76. The Bertz CT molecular complexity index is 1520. The van der Waals surface area contributed by atoms with E-state index in [9.17, 15) is 20.1 Å². The molecule has 0 amide bonds. The lowest BCUT2D eigenvalue weighted by molar-refractivity contribution is 1.28. The molecule has 4 rings (SSSR count). The second-order valence-electron chi connectivity index (χ2n) is 6.22. The molecule has 0 bridgehead atoms. The van der Waals surface area contributed by atoms with Gasteiger partial charge in [-0.2, -0.15) is 21.0 Å². The van der Waals surface area contributed by atoms with Crippen molar-refractivity contribution in [2.45, 2.75) is 0 Å². The number of aromatic nitrogens is 2. The molecule has 0 N–H and O–H groups in total. The molecule has 8 nitrogen and oxygen atoms in total. The summed E-state index contributed by atoms with van der Waals surface area (Å²) in [5, 5.41) is 36.9. The zero-order valence-electron chi connectivity index (χ0n) is 15.0. The van der Waals surface area contributed by atoms with Gasteiger partial charge in [-0.05, 0) is 24.3 Å². The summed E-state index contributed by atoms with van der Waals surface area (Å²) in [6.45, 7) is 0. The molecule has 136 valence electrons. The van der Waals surface area contributed by atoms with E-state index in [1.165, 1.54) is 36.7 Å². The van der Waals surface area contributed by atoms with Crippen molar-refractivity contribution in [1.29, 1.82) is 21.0 Å². The van der Waals surface area contributed by atoms with E-state index in [1.54, 1.807) is 0 Å². The van der Waals surface area contributed by atoms with Gasteiger partial charge in [0, 0.05) is 12.4 Å². The summed E-state index contributed by atoms with van der Waals surface area (Å²) in [5.41, 5.74) is -1.03. The third-order valence-electron chi connectivity index (χ3n) is 4.68. The van der Waals surface area contributed by atoms with E-state index < -0.39 is 10.9 Å². The van der Waals surface area contributed by atoms with Gasteiger partial charge in [-0.1, -0.05) is 0 Å². The molecular formula is C22H6N6O2. The van der Waals surface area contributed by atoms with Crippen LogP contribution in [0, 0.1) is 55.8 Å². The number of nitriles is 4. The summed E-state index contributed by atoms with van der Waals surface area (Å²) in [5.74, 6) is 0. The predicted molar refractivity (Wildman–Crippen MR) is 102 cm³/mol. The minimum Gasteiger partial charge on any atom is -0.288 e. The zero-order chi connectivity index (χ0) is 21.4. The van der Waals surface area contributed by atoms with Crippen LogP contribution in [-0.2, 0) is 0 Å². The van der Waals surface area contributed by atoms with Crippen molar-refractivity contribution in [2.24, 2.45) is 0 Å². The third kappa shape index (κ3) is 2.43. The molecule has 2 aromatic heterocycles. The molecule has 0 spiro atoms. The van der Waals surface area contributed by atoms with Crippen molar-refractivity contribution < 1.29 is 0 Å². The quantitative estimate of drug-likeness (QED) is 0.503. The largest absolute Gasteiger partial charge is 0.288 e. The maximum absolute atomic E-state index is 13.1. The van der Waals surface area contributed by atoms with E-state index >= 15 is 0 Å². The van der Waals surface area contributed by atoms with Crippen LogP contribution in [0.4, 0.5) is 0 Å². The van der Waals surface area contributed by atoms with E-state index in [4.69, 9.17) is 10.5 Å². The Morgan fingerprint density at radius 1 is 0.600 bits per heavy atom. The molecule has 2 aliphatic rings. The molecule has 0 fully saturated rings. The number of pyridine rings is 2. The topological polar surface area (TPSA) is 155 Å². The smallest absolute Gasteiger partial charge is 0.198 e.